The van der Waals surface area contributed by atoms with Crippen molar-refractivity contribution in [3.05, 3.63) is 48.0 Å². The molecule has 4 rings (SSSR count). The second-order valence-electron chi connectivity index (χ2n) is 6.77. The van der Waals surface area contributed by atoms with Crippen LogP contribution in [0.1, 0.15) is 18.5 Å². The van der Waals surface area contributed by atoms with Crippen molar-refractivity contribution < 1.29 is 9.13 Å². The third-order valence-electron chi connectivity index (χ3n) is 5.29. The molecule has 1 saturated heterocycles. The van der Waals surface area contributed by atoms with Gasteiger partial charge < -0.3 is 15.0 Å². The first-order valence-electron chi connectivity index (χ1n) is 8.91. The fourth-order valence-electron chi connectivity index (χ4n) is 3.85. The number of hydrogen-bond donors (Lipinski definition) is 2. The van der Waals surface area contributed by atoms with Crippen LogP contribution < -0.4 is 10.1 Å². The maximum absolute atomic E-state index is 13.6. The lowest BCUT2D eigenvalue weighted by Gasteiger charge is -2.31. The van der Waals surface area contributed by atoms with Gasteiger partial charge in [-0.15, -0.1) is 0 Å². The Kier molecular flexibility index (Phi) is 4.59. The molecule has 2 aliphatic rings. The van der Waals surface area contributed by atoms with Gasteiger partial charge in [-0.3, -0.25) is 4.90 Å². The van der Waals surface area contributed by atoms with Crippen molar-refractivity contribution in [3.63, 3.8) is 0 Å². The highest BCUT2D eigenvalue weighted by molar-refractivity contribution is 5.75. The molecule has 5 heteroatoms. The van der Waals surface area contributed by atoms with Crippen molar-refractivity contribution in [1.82, 2.24) is 15.2 Å². The van der Waals surface area contributed by atoms with Gasteiger partial charge in [-0.1, -0.05) is 6.08 Å². The minimum atomic E-state index is -0.253. The zero-order chi connectivity index (χ0) is 17.2. The van der Waals surface area contributed by atoms with Crippen molar-refractivity contribution >= 4 is 5.57 Å². The average Bonchev–Trinajstić information content (AvgIpc) is 3.34. The van der Waals surface area contributed by atoms with E-state index in [0.717, 1.165) is 49.4 Å². The first-order valence-corrected chi connectivity index (χ1v) is 8.91. The van der Waals surface area contributed by atoms with E-state index in [1.165, 1.54) is 24.1 Å². The van der Waals surface area contributed by atoms with E-state index in [2.05, 4.69) is 27.3 Å². The number of H-pyrrole nitrogens is 1. The molecule has 132 valence electrons. The predicted octanol–water partition coefficient (Wildman–Crippen LogP) is 3.28. The van der Waals surface area contributed by atoms with Crippen molar-refractivity contribution in [2.45, 2.75) is 18.9 Å². The minimum Gasteiger partial charge on any atom is -0.496 e. The molecule has 0 spiro atoms. The molecule has 1 fully saturated rings. The summed E-state index contributed by atoms with van der Waals surface area (Å²) < 4.78 is 19.0. The highest BCUT2D eigenvalue weighted by Crippen LogP contribution is 2.33. The Morgan fingerprint density at radius 3 is 2.92 bits per heavy atom. The van der Waals surface area contributed by atoms with Crippen LogP contribution in [0.4, 0.5) is 4.39 Å². The van der Waals surface area contributed by atoms with E-state index in [1.807, 2.05) is 6.20 Å². The Bertz CT molecular complexity index is 777. The Morgan fingerprint density at radius 2 is 2.20 bits per heavy atom. The summed E-state index contributed by atoms with van der Waals surface area (Å²) in [7, 11) is 1.61. The lowest BCUT2D eigenvalue weighted by molar-refractivity contribution is 0.230. The molecule has 0 radical (unpaired) electrons. The Morgan fingerprint density at radius 1 is 1.28 bits per heavy atom. The molecule has 3 heterocycles. The van der Waals surface area contributed by atoms with Gasteiger partial charge in [0.15, 0.2) is 0 Å². The summed E-state index contributed by atoms with van der Waals surface area (Å²) in [5.74, 6) is 0.431. The van der Waals surface area contributed by atoms with Crippen LogP contribution >= 0.6 is 0 Å². The maximum Gasteiger partial charge on any atom is 0.126 e. The number of rotatable bonds is 4. The summed E-state index contributed by atoms with van der Waals surface area (Å²) in [4.78, 5) is 5.91. The van der Waals surface area contributed by atoms with Crippen LogP contribution in [0.2, 0.25) is 0 Å². The molecule has 4 nitrogen and oxygen atoms in total. The van der Waals surface area contributed by atoms with Crippen LogP contribution in [-0.2, 0) is 0 Å². The number of methoxy groups -OCH3 is 1. The molecule has 2 N–H and O–H groups in total. The summed E-state index contributed by atoms with van der Waals surface area (Å²) in [6.07, 6.45) is 6.53. The molecule has 2 aromatic rings. The summed E-state index contributed by atoms with van der Waals surface area (Å²) in [6, 6.07) is 7.39. The quantitative estimate of drug-likeness (QED) is 0.897. The topological polar surface area (TPSA) is 40.3 Å². The number of ether oxygens (including phenoxy) is 1. The lowest BCUT2D eigenvalue weighted by Crippen LogP contribution is -2.39. The van der Waals surface area contributed by atoms with Gasteiger partial charge in [-0.25, -0.2) is 4.39 Å². The molecule has 1 aromatic heterocycles. The van der Waals surface area contributed by atoms with Gasteiger partial charge in [0.05, 0.1) is 7.11 Å². The van der Waals surface area contributed by atoms with Crippen LogP contribution in [0.3, 0.4) is 0 Å². The SMILES string of the molecule is COc1ccc(F)cc1-c1c[nH]c(C2=CCN(C3CCNC3)CC2)c1. The Labute approximate surface area is 147 Å². The van der Waals surface area contributed by atoms with E-state index in [9.17, 15) is 4.39 Å². The van der Waals surface area contributed by atoms with Crippen LogP contribution in [-0.4, -0.2) is 49.2 Å². The minimum absolute atomic E-state index is 0.253. The molecule has 0 saturated carbocycles. The zero-order valence-electron chi connectivity index (χ0n) is 14.5. The highest BCUT2D eigenvalue weighted by Gasteiger charge is 2.24. The number of nitrogens with zero attached hydrogens (tertiary/aromatic N) is 1. The molecule has 1 atom stereocenters. The molecule has 0 aliphatic carbocycles. The number of nitrogens with one attached hydrogen (secondary N) is 2. The first-order chi connectivity index (χ1) is 12.2. The summed E-state index contributed by atoms with van der Waals surface area (Å²) in [5.41, 5.74) is 4.18. The number of benzene rings is 1. The van der Waals surface area contributed by atoms with Gasteiger partial charge in [-0.05, 0) is 49.2 Å². The van der Waals surface area contributed by atoms with Crippen molar-refractivity contribution in [3.8, 4) is 16.9 Å². The van der Waals surface area contributed by atoms with Crippen LogP contribution in [0.25, 0.3) is 16.7 Å². The van der Waals surface area contributed by atoms with Gasteiger partial charge in [0.1, 0.15) is 11.6 Å². The number of aromatic amines is 1. The van der Waals surface area contributed by atoms with E-state index in [0.29, 0.717) is 11.8 Å². The number of hydrogen-bond acceptors (Lipinski definition) is 3. The fraction of sp³-hybridized carbons (Fsp3) is 0.400. The molecule has 0 amide bonds. The first kappa shape index (κ1) is 16.4. The van der Waals surface area contributed by atoms with Crippen molar-refractivity contribution in [2.24, 2.45) is 0 Å². The molecule has 0 bridgehead atoms. The second kappa shape index (κ2) is 7.02. The van der Waals surface area contributed by atoms with Gasteiger partial charge in [-0.2, -0.15) is 0 Å². The second-order valence-corrected chi connectivity index (χ2v) is 6.77. The predicted molar refractivity (Wildman–Crippen MR) is 98.2 cm³/mol. The number of aromatic nitrogens is 1. The van der Waals surface area contributed by atoms with Gasteiger partial charge in [0, 0.05) is 48.7 Å². The number of halogens is 1. The summed E-state index contributed by atoms with van der Waals surface area (Å²) in [6.45, 7) is 4.33. The zero-order valence-corrected chi connectivity index (χ0v) is 14.5. The Balaban J connectivity index is 1.53. The largest absolute Gasteiger partial charge is 0.496 e. The van der Waals surface area contributed by atoms with Gasteiger partial charge in [0.25, 0.3) is 0 Å². The van der Waals surface area contributed by atoms with Crippen molar-refractivity contribution in [2.75, 3.05) is 33.3 Å². The van der Waals surface area contributed by atoms with E-state index in [1.54, 1.807) is 13.2 Å². The summed E-state index contributed by atoms with van der Waals surface area (Å²) >= 11 is 0. The van der Waals surface area contributed by atoms with E-state index in [-0.39, 0.29) is 5.82 Å². The maximum atomic E-state index is 13.6. The molecule has 2 aliphatic heterocycles. The molecule has 1 aromatic carbocycles. The molecule has 1 unspecified atom stereocenters. The van der Waals surface area contributed by atoms with Gasteiger partial charge >= 0.3 is 0 Å². The molecular weight excluding hydrogens is 317 g/mol. The summed E-state index contributed by atoms with van der Waals surface area (Å²) in [5, 5.41) is 3.44. The third kappa shape index (κ3) is 3.34. The smallest absolute Gasteiger partial charge is 0.126 e. The lowest BCUT2D eigenvalue weighted by atomic mass is 10.0. The monoisotopic (exact) mass is 341 g/mol. The van der Waals surface area contributed by atoms with Gasteiger partial charge in [0.2, 0.25) is 0 Å². The van der Waals surface area contributed by atoms with Crippen LogP contribution in [0.15, 0.2) is 36.5 Å². The normalized spacial score (nSPS) is 21.4. The fourth-order valence-corrected chi connectivity index (χ4v) is 3.85. The van der Waals surface area contributed by atoms with Crippen LogP contribution in [0, 0.1) is 5.82 Å². The third-order valence-corrected chi connectivity index (χ3v) is 5.29. The van der Waals surface area contributed by atoms with Crippen molar-refractivity contribution in [1.29, 1.82) is 0 Å². The standard InChI is InChI=1S/C20H24FN3O/c1-25-20-3-2-16(21)11-18(20)15-10-19(23-12-15)14-5-8-24(9-6-14)17-4-7-22-13-17/h2-3,5,10-12,17,22-23H,4,6-9,13H2,1H3. The Hall–Kier alpha value is -2.11. The van der Waals surface area contributed by atoms with E-state index >= 15 is 0 Å². The molecule has 25 heavy (non-hydrogen) atoms. The average molecular weight is 341 g/mol. The van der Waals surface area contributed by atoms with E-state index in [4.69, 9.17) is 4.74 Å². The van der Waals surface area contributed by atoms with Crippen LogP contribution in [0.5, 0.6) is 5.75 Å². The van der Waals surface area contributed by atoms with E-state index < -0.39 is 0 Å². The molecular formula is C20H24FN3O. The highest BCUT2D eigenvalue weighted by atomic mass is 19.1.